The van der Waals surface area contributed by atoms with E-state index >= 15 is 0 Å². The van der Waals surface area contributed by atoms with E-state index in [1.807, 2.05) is 6.92 Å². The quantitative estimate of drug-likeness (QED) is 0.846. The van der Waals surface area contributed by atoms with Crippen LogP contribution in [0.4, 0.5) is 4.39 Å². The number of benzene rings is 1. The third kappa shape index (κ3) is 2.66. The standard InChI is InChI=1S/C14H14FN3O2S/c1-10-16-8-11-9-18(7-6-14(11)17-10)21(19,20)13-4-2-12(15)3-5-13/h2-5,8H,6-7,9H2,1H3. The van der Waals surface area contributed by atoms with Crippen molar-refractivity contribution in [2.45, 2.75) is 24.8 Å². The van der Waals surface area contributed by atoms with Gasteiger partial charge in [-0.25, -0.2) is 22.8 Å². The molecule has 1 aromatic heterocycles. The predicted molar refractivity (Wildman–Crippen MR) is 74.5 cm³/mol. The maximum Gasteiger partial charge on any atom is 0.243 e. The van der Waals surface area contributed by atoms with Crippen LogP contribution in [-0.4, -0.2) is 29.2 Å². The lowest BCUT2D eigenvalue weighted by Gasteiger charge is -2.27. The molecule has 0 saturated heterocycles. The van der Waals surface area contributed by atoms with E-state index in [-0.39, 0.29) is 11.4 Å². The smallest absolute Gasteiger partial charge is 0.241 e. The molecule has 1 aromatic carbocycles. The molecule has 21 heavy (non-hydrogen) atoms. The van der Waals surface area contributed by atoms with Crippen LogP contribution in [0.25, 0.3) is 0 Å². The summed E-state index contributed by atoms with van der Waals surface area (Å²) in [6, 6.07) is 4.87. The molecule has 110 valence electrons. The Hall–Kier alpha value is -1.86. The molecule has 0 saturated carbocycles. The highest BCUT2D eigenvalue weighted by Crippen LogP contribution is 2.23. The monoisotopic (exact) mass is 307 g/mol. The van der Waals surface area contributed by atoms with Gasteiger partial charge in [0.25, 0.3) is 0 Å². The Kier molecular flexibility index (Phi) is 3.46. The molecule has 0 unspecified atom stereocenters. The van der Waals surface area contributed by atoms with Crippen LogP contribution in [-0.2, 0) is 23.0 Å². The van der Waals surface area contributed by atoms with Gasteiger partial charge in [-0.15, -0.1) is 0 Å². The summed E-state index contributed by atoms with van der Waals surface area (Å²) in [5.41, 5.74) is 1.71. The highest BCUT2D eigenvalue weighted by atomic mass is 32.2. The van der Waals surface area contributed by atoms with Gasteiger partial charge in [-0.1, -0.05) is 0 Å². The van der Waals surface area contributed by atoms with Crippen molar-refractivity contribution in [2.75, 3.05) is 6.54 Å². The number of hydrogen-bond acceptors (Lipinski definition) is 4. The summed E-state index contributed by atoms with van der Waals surface area (Å²) in [5, 5.41) is 0. The Morgan fingerprint density at radius 2 is 1.95 bits per heavy atom. The summed E-state index contributed by atoms with van der Waals surface area (Å²) in [5.74, 6) is 0.227. The number of hydrogen-bond donors (Lipinski definition) is 0. The van der Waals surface area contributed by atoms with Crippen molar-refractivity contribution >= 4 is 10.0 Å². The summed E-state index contributed by atoms with van der Waals surface area (Å²) >= 11 is 0. The van der Waals surface area contributed by atoms with Gasteiger partial charge in [0.15, 0.2) is 0 Å². The molecule has 1 aliphatic heterocycles. The maximum absolute atomic E-state index is 12.9. The largest absolute Gasteiger partial charge is 0.243 e. The first-order chi connectivity index (χ1) is 9.96. The number of aromatic nitrogens is 2. The van der Waals surface area contributed by atoms with Crippen LogP contribution in [0.1, 0.15) is 17.1 Å². The van der Waals surface area contributed by atoms with Gasteiger partial charge in [0.05, 0.1) is 4.90 Å². The Labute approximate surface area is 122 Å². The lowest BCUT2D eigenvalue weighted by atomic mass is 10.1. The van der Waals surface area contributed by atoms with E-state index in [9.17, 15) is 12.8 Å². The second-order valence-corrected chi connectivity index (χ2v) is 6.87. The van der Waals surface area contributed by atoms with Crippen molar-refractivity contribution in [3.8, 4) is 0 Å². The normalized spacial score (nSPS) is 15.7. The number of aryl methyl sites for hydroxylation is 1. The van der Waals surface area contributed by atoms with E-state index in [0.29, 0.717) is 18.8 Å². The average molecular weight is 307 g/mol. The van der Waals surface area contributed by atoms with Crippen molar-refractivity contribution in [3.63, 3.8) is 0 Å². The van der Waals surface area contributed by atoms with E-state index in [1.165, 1.54) is 16.4 Å². The third-order valence-corrected chi connectivity index (χ3v) is 5.33. The first-order valence-electron chi connectivity index (χ1n) is 6.54. The molecule has 5 nitrogen and oxygen atoms in total. The third-order valence-electron chi connectivity index (χ3n) is 3.47. The van der Waals surface area contributed by atoms with Gasteiger partial charge in [0.2, 0.25) is 10.0 Å². The van der Waals surface area contributed by atoms with Crippen LogP contribution < -0.4 is 0 Å². The SMILES string of the molecule is Cc1ncc2c(n1)CCN(S(=O)(=O)c1ccc(F)cc1)C2. The Morgan fingerprint density at radius 3 is 2.67 bits per heavy atom. The van der Waals surface area contributed by atoms with Crippen LogP contribution in [0.2, 0.25) is 0 Å². The van der Waals surface area contributed by atoms with E-state index in [1.54, 1.807) is 6.20 Å². The van der Waals surface area contributed by atoms with Gasteiger partial charge in [0, 0.05) is 37.0 Å². The Balaban J connectivity index is 1.91. The first kappa shape index (κ1) is 14.1. The van der Waals surface area contributed by atoms with Crippen molar-refractivity contribution in [2.24, 2.45) is 0 Å². The van der Waals surface area contributed by atoms with Gasteiger partial charge in [-0.2, -0.15) is 4.31 Å². The minimum Gasteiger partial charge on any atom is -0.241 e. The van der Waals surface area contributed by atoms with Crippen molar-refractivity contribution in [1.82, 2.24) is 14.3 Å². The van der Waals surface area contributed by atoms with Crippen molar-refractivity contribution in [1.29, 1.82) is 0 Å². The van der Waals surface area contributed by atoms with E-state index in [4.69, 9.17) is 0 Å². The van der Waals surface area contributed by atoms with Crippen LogP contribution in [0.15, 0.2) is 35.4 Å². The van der Waals surface area contributed by atoms with Gasteiger partial charge < -0.3 is 0 Å². The summed E-state index contributed by atoms with van der Waals surface area (Å²) in [6.45, 7) is 2.42. The van der Waals surface area contributed by atoms with Crippen LogP contribution >= 0.6 is 0 Å². The molecule has 0 N–H and O–H groups in total. The minimum absolute atomic E-state index is 0.0976. The second kappa shape index (κ2) is 5.16. The van der Waals surface area contributed by atoms with Crippen LogP contribution in [0.3, 0.4) is 0 Å². The highest BCUT2D eigenvalue weighted by molar-refractivity contribution is 7.89. The van der Waals surface area contributed by atoms with Gasteiger partial charge in [0.1, 0.15) is 11.6 Å². The average Bonchev–Trinajstić information content (AvgIpc) is 2.47. The second-order valence-electron chi connectivity index (χ2n) is 4.93. The lowest BCUT2D eigenvalue weighted by molar-refractivity contribution is 0.386. The fourth-order valence-electron chi connectivity index (χ4n) is 2.35. The number of sulfonamides is 1. The van der Waals surface area contributed by atoms with Crippen LogP contribution in [0.5, 0.6) is 0 Å². The molecule has 0 fully saturated rings. The van der Waals surface area contributed by atoms with Crippen LogP contribution in [0, 0.1) is 12.7 Å². The minimum atomic E-state index is -3.62. The van der Waals surface area contributed by atoms with Crippen molar-refractivity contribution in [3.05, 3.63) is 53.4 Å². The van der Waals surface area contributed by atoms with E-state index < -0.39 is 15.8 Å². The number of rotatable bonds is 2. The summed E-state index contributed by atoms with van der Waals surface area (Å²) in [6.07, 6.45) is 2.23. The fraction of sp³-hybridized carbons (Fsp3) is 0.286. The molecule has 0 spiro atoms. The molecular formula is C14H14FN3O2S. The zero-order valence-corrected chi connectivity index (χ0v) is 12.3. The zero-order chi connectivity index (χ0) is 15.0. The topological polar surface area (TPSA) is 63.2 Å². The molecule has 7 heteroatoms. The van der Waals surface area contributed by atoms with E-state index in [2.05, 4.69) is 9.97 Å². The first-order valence-corrected chi connectivity index (χ1v) is 7.98. The summed E-state index contributed by atoms with van der Waals surface area (Å²) in [4.78, 5) is 8.54. The predicted octanol–water partition coefficient (Wildman–Crippen LogP) is 1.67. The highest BCUT2D eigenvalue weighted by Gasteiger charge is 2.29. The van der Waals surface area contributed by atoms with Crippen molar-refractivity contribution < 1.29 is 12.8 Å². The molecule has 2 heterocycles. The van der Waals surface area contributed by atoms with E-state index in [0.717, 1.165) is 23.4 Å². The molecule has 1 aliphatic rings. The Morgan fingerprint density at radius 1 is 1.24 bits per heavy atom. The molecule has 0 aliphatic carbocycles. The lowest BCUT2D eigenvalue weighted by Crippen LogP contribution is -2.36. The maximum atomic E-state index is 12.9. The Bertz CT molecular complexity index is 775. The molecule has 0 atom stereocenters. The zero-order valence-electron chi connectivity index (χ0n) is 11.5. The summed E-state index contributed by atoms with van der Waals surface area (Å²) in [7, 11) is -3.62. The van der Waals surface area contributed by atoms with Gasteiger partial charge in [-0.3, -0.25) is 0 Å². The molecule has 0 radical (unpaired) electrons. The molecule has 0 amide bonds. The molecule has 3 rings (SSSR count). The molecular weight excluding hydrogens is 293 g/mol. The molecule has 2 aromatic rings. The summed E-state index contributed by atoms with van der Waals surface area (Å²) < 4.78 is 39.4. The van der Waals surface area contributed by atoms with Gasteiger partial charge in [-0.05, 0) is 31.2 Å². The van der Waals surface area contributed by atoms with Gasteiger partial charge >= 0.3 is 0 Å². The number of halogens is 1. The number of fused-ring (bicyclic) bond motifs is 1. The fourth-order valence-corrected chi connectivity index (χ4v) is 3.77. The number of nitrogens with zero attached hydrogens (tertiary/aromatic N) is 3. The molecule has 0 bridgehead atoms.